The molecule has 0 radical (unpaired) electrons. The van der Waals surface area contributed by atoms with Crippen LogP contribution in [-0.2, 0) is 6.42 Å². The lowest BCUT2D eigenvalue weighted by molar-refractivity contribution is 0.584. The van der Waals surface area contributed by atoms with Crippen molar-refractivity contribution in [3.63, 3.8) is 0 Å². The van der Waals surface area contributed by atoms with E-state index in [1.807, 2.05) is 12.4 Å². The fourth-order valence-electron chi connectivity index (χ4n) is 2.90. The summed E-state index contributed by atoms with van der Waals surface area (Å²) >= 11 is 1.75. The van der Waals surface area contributed by atoms with Crippen LogP contribution < -0.4 is 4.90 Å². The Morgan fingerprint density at radius 3 is 3.25 bits per heavy atom. The zero-order valence-corrected chi connectivity index (χ0v) is 11.8. The molecule has 0 spiro atoms. The van der Waals surface area contributed by atoms with Crippen molar-refractivity contribution in [3.8, 4) is 0 Å². The van der Waals surface area contributed by atoms with Gasteiger partial charge in [-0.1, -0.05) is 0 Å². The van der Waals surface area contributed by atoms with E-state index in [9.17, 15) is 0 Å². The largest absolute Gasteiger partial charge is 0.356 e. The molecule has 0 aromatic carbocycles. The number of nitrogens with one attached hydrogen (secondary N) is 1. The van der Waals surface area contributed by atoms with Gasteiger partial charge >= 0.3 is 0 Å². The van der Waals surface area contributed by atoms with Gasteiger partial charge in [0.25, 0.3) is 0 Å². The van der Waals surface area contributed by atoms with E-state index in [0.29, 0.717) is 5.92 Å². The van der Waals surface area contributed by atoms with Crippen molar-refractivity contribution < 1.29 is 0 Å². The van der Waals surface area contributed by atoms with Crippen LogP contribution in [0.25, 0.3) is 11.0 Å². The summed E-state index contributed by atoms with van der Waals surface area (Å²) in [5, 5.41) is 4.41. The van der Waals surface area contributed by atoms with Crippen LogP contribution in [-0.4, -0.2) is 33.0 Å². The van der Waals surface area contributed by atoms with Gasteiger partial charge in [0, 0.05) is 37.3 Å². The first-order chi connectivity index (χ1) is 9.90. The summed E-state index contributed by atoms with van der Waals surface area (Å²) in [5.41, 5.74) is 0.915. The number of hydrogen-bond donors (Lipinski definition) is 1. The average molecular weight is 285 g/mol. The lowest BCUT2D eigenvalue weighted by atomic mass is 10.1. The Bertz CT molecular complexity index is 705. The summed E-state index contributed by atoms with van der Waals surface area (Å²) in [6.45, 7) is 2.12. The zero-order valence-electron chi connectivity index (χ0n) is 11.0. The molecule has 0 saturated carbocycles. The molecule has 5 nitrogen and oxygen atoms in total. The van der Waals surface area contributed by atoms with E-state index in [0.717, 1.165) is 36.4 Å². The highest BCUT2D eigenvalue weighted by atomic mass is 32.1. The van der Waals surface area contributed by atoms with Crippen molar-refractivity contribution in [2.45, 2.75) is 12.8 Å². The number of fused-ring (bicyclic) bond motifs is 1. The van der Waals surface area contributed by atoms with Crippen LogP contribution in [0.15, 0.2) is 30.2 Å². The molecule has 1 aliphatic rings. The maximum Gasteiger partial charge on any atom is 0.142 e. The second-order valence-electron chi connectivity index (χ2n) is 5.17. The van der Waals surface area contributed by atoms with Gasteiger partial charge in [-0.15, -0.1) is 11.3 Å². The Morgan fingerprint density at radius 2 is 2.35 bits per heavy atom. The highest BCUT2D eigenvalue weighted by Crippen LogP contribution is 2.29. The summed E-state index contributed by atoms with van der Waals surface area (Å²) in [7, 11) is 0. The first kappa shape index (κ1) is 11.8. The van der Waals surface area contributed by atoms with E-state index in [1.54, 1.807) is 17.7 Å². The SMILES string of the molecule is c1csc(CC2CCN(c3ncnc4[nH]ccc34)C2)n1. The third kappa shape index (κ3) is 2.06. The predicted octanol–water partition coefficient (Wildman–Crippen LogP) is 2.48. The van der Waals surface area contributed by atoms with Crippen LogP contribution in [0.5, 0.6) is 0 Å². The van der Waals surface area contributed by atoms with E-state index in [4.69, 9.17) is 0 Å². The minimum atomic E-state index is 0.671. The summed E-state index contributed by atoms with van der Waals surface area (Å²) < 4.78 is 0. The molecule has 1 unspecified atom stereocenters. The molecule has 1 aliphatic heterocycles. The molecule has 3 aromatic rings. The summed E-state index contributed by atoms with van der Waals surface area (Å²) in [4.78, 5) is 18.6. The van der Waals surface area contributed by atoms with Gasteiger partial charge in [-0.3, -0.25) is 0 Å². The van der Waals surface area contributed by atoms with Gasteiger partial charge in [-0.25, -0.2) is 15.0 Å². The number of aromatic amines is 1. The first-order valence-electron chi connectivity index (χ1n) is 6.81. The van der Waals surface area contributed by atoms with Crippen LogP contribution >= 0.6 is 11.3 Å². The Hall–Kier alpha value is -1.95. The highest BCUT2D eigenvalue weighted by Gasteiger charge is 2.25. The third-order valence-corrected chi connectivity index (χ3v) is 4.67. The minimum Gasteiger partial charge on any atom is -0.356 e. The van der Waals surface area contributed by atoms with Gasteiger partial charge in [0.2, 0.25) is 0 Å². The molecule has 1 N–H and O–H groups in total. The maximum absolute atomic E-state index is 4.47. The predicted molar refractivity (Wildman–Crippen MR) is 80.0 cm³/mol. The maximum atomic E-state index is 4.47. The molecule has 3 aromatic heterocycles. The lowest BCUT2D eigenvalue weighted by Gasteiger charge is -2.17. The molecule has 1 fully saturated rings. The molecule has 1 atom stereocenters. The lowest BCUT2D eigenvalue weighted by Crippen LogP contribution is -2.21. The topological polar surface area (TPSA) is 57.7 Å². The molecule has 6 heteroatoms. The van der Waals surface area contributed by atoms with E-state index in [1.165, 1.54) is 11.4 Å². The molecular weight excluding hydrogens is 270 g/mol. The van der Waals surface area contributed by atoms with Crippen molar-refractivity contribution in [2.75, 3.05) is 18.0 Å². The minimum absolute atomic E-state index is 0.671. The smallest absolute Gasteiger partial charge is 0.142 e. The van der Waals surface area contributed by atoms with Crippen molar-refractivity contribution in [2.24, 2.45) is 5.92 Å². The average Bonchev–Trinajstić information content (AvgIpc) is 3.19. The van der Waals surface area contributed by atoms with Gasteiger partial charge in [0.05, 0.1) is 10.4 Å². The molecule has 20 heavy (non-hydrogen) atoms. The van der Waals surface area contributed by atoms with Crippen molar-refractivity contribution in [3.05, 3.63) is 35.2 Å². The molecule has 0 aliphatic carbocycles. The second kappa shape index (κ2) is 4.86. The second-order valence-corrected chi connectivity index (χ2v) is 6.15. The van der Waals surface area contributed by atoms with Gasteiger partial charge in [-0.2, -0.15) is 0 Å². The Balaban J connectivity index is 1.54. The van der Waals surface area contributed by atoms with Gasteiger partial charge in [0.1, 0.15) is 17.8 Å². The quantitative estimate of drug-likeness (QED) is 0.803. The number of hydrogen-bond acceptors (Lipinski definition) is 5. The Morgan fingerprint density at radius 1 is 1.35 bits per heavy atom. The zero-order chi connectivity index (χ0) is 13.4. The molecule has 0 amide bonds. The third-order valence-electron chi connectivity index (χ3n) is 3.87. The molecule has 0 bridgehead atoms. The molecule has 4 heterocycles. The van der Waals surface area contributed by atoms with Crippen LogP contribution in [0.1, 0.15) is 11.4 Å². The standard InChI is InChI=1S/C14H15N5S/c1-3-16-13-11(1)14(18-9-17-13)19-5-2-10(8-19)7-12-15-4-6-20-12/h1,3-4,6,9-10H,2,5,7-8H2,(H,16,17,18). The number of anilines is 1. The van der Waals surface area contributed by atoms with Gasteiger partial charge in [-0.05, 0) is 18.4 Å². The van der Waals surface area contributed by atoms with Crippen LogP contribution in [0.3, 0.4) is 0 Å². The number of thiazole rings is 1. The summed E-state index contributed by atoms with van der Waals surface area (Å²) in [5.74, 6) is 1.72. The van der Waals surface area contributed by atoms with Gasteiger partial charge < -0.3 is 9.88 Å². The fraction of sp³-hybridized carbons (Fsp3) is 0.357. The number of nitrogens with zero attached hydrogens (tertiary/aromatic N) is 4. The van der Waals surface area contributed by atoms with Crippen LogP contribution in [0, 0.1) is 5.92 Å². The summed E-state index contributed by atoms with van der Waals surface area (Å²) in [6, 6.07) is 2.05. The van der Waals surface area contributed by atoms with E-state index >= 15 is 0 Å². The highest BCUT2D eigenvalue weighted by molar-refractivity contribution is 7.09. The fourth-order valence-corrected chi connectivity index (χ4v) is 3.64. The molecule has 1 saturated heterocycles. The number of H-pyrrole nitrogens is 1. The monoisotopic (exact) mass is 285 g/mol. The van der Waals surface area contributed by atoms with Crippen LogP contribution in [0.2, 0.25) is 0 Å². The van der Waals surface area contributed by atoms with E-state index in [2.05, 4.69) is 36.3 Å². The normalized spacial score (nSPS) is 19.0. The first-order valence-corrected chi connectivity index (χ1v) is 7.69. The molecular formula is C14H15N5S. The van der Waals surface area contributed by atoms with Crippen molar-refractivity contribution >= 4 is 28.2 Å². The van der Waals surface area contributed by atoms with Gasteiger partial charge in [0.15, 0.2) is 0 Å². The Kier molecular flexibility index (Phi) is 2.88. The number of rotatable bonds is 3. The summed E-state index contributed by atoms with van der Waals surface area (Å²) in [6.07, 6.45) is 7.74. The Labute approximate surface area is 120 Å². The van der Waals surface area contributed by atoms with Crippen molar-refractivity contribution in [1.82, 2.24) is 19.9 Å². The van der Waals surface area contributed by atoms with Crippen molar-refractivity contribution in [1.29, 1.82) is 0 Å². The van der Waals surface area contributed by atoms with Crippen LogP contribution in [0.4, 0.5) is 5.82 Å². The molecule has 4 rings (SSSR count). The van der Waals surface area contributed by atoms with E-state index in [-0.39, 0.29) is 0 Å². The van der Waals surface area contributed by atoms with E-state index < -0.39 is 0 Å². The number of aromatic nitrogens is 4. The molecule has 102 valence electrons.